The van der Waals surface area contributed by atoms with Crippen LogP contribution in [0.2, 0.25) is 5.02 Å². The zero-order chi connectivity index (χ0) is 24.5. The number of nitrogens with zero attached hydrogens (tertiary/aromatic N) is 4. The van der Waals surface area contributed by atoms with E-state index in [0.29, 0.717) is 29.9 Å². The third-order valence-electron chi connectivity index (χ3n) is 6.14. The number of fused-ring (bicyclic) bond motifs is 2. The number of ether oxygens (including phenoxy) is 1. The van der Waals surface area contributed by atoms with Gasteiger partial charge in [0, 0.05) is 43.7 Å². The molecule has 35 heavy (non-hydrogen) atoms. The molecule has 1 aromatic heterocycles. The molecule has 1 fully saturated rings. The minimum atomic E-state index is -0.570. The van der Waals surface area contributed by atoms with Crippen molar-refractivity contribution in [2.45, 2.75) is 0 Å². The van der Waals surface area contributed by atoms with Crippen LogP contribution in [0.3, 0.4) is 0 Å². The highest BCUT2D eigenvalue weighted by Gasteiger charge is 2.24. The minimum Gasteiger partial charge on any atom is -0.508 e. The Kier molecular flexibility index (Phi) is 6.60. The molecular formula is C26H27ClFN5O2. The number of aromatic nitrogens is 2. The lowest BCUT2D eigenvalue weighted by Gasteiger charge is -2.29. The molecule has 1 saturated heterocycles. The molecule has 0 saturated carbocycles. The van der Waals surface area contributed by atoms with Crippen LogP contribution >= 0.6 is 11.6 Å². The molecule has 182 valence electrons. The molecule has 0 aliphatic carbocycles. The van der Waals surface area contributed by atoms with E-state index in [9.17, 15) is 5.11 Å². The van der Waals surface area contributed by atoms with E-state index in [2.05, 4.69) is 20.2 Å². The van der Waals surface area contributed by atoms with Crippen molar-refractivity contribution in [3.8, 4) is 22.9 Å². The van der Waals surface area contributed by atoms with Crippen LogP contribution in [0, 0.1) is 5.82 Å². The van der Waals surface area contributed by atoms with Crippen molar-refractivity contribution in [3.05, 3.63) is 53.3 Å². The highest BCUT2D eigenvalue weighted by atomic mass is 35.5. The number of likely N-dealkylation sites (N-methyl/N-ethyl adjacent to an activating group) is 1. The Hall–Kier alpha value is -3.20. The Morgan fingerprint density at radius 1 is 1.11 bits per heavy atom. The third kappa shape index (κ3) is 4.69. The van der Waals surface area contributed by atoms with Gasteiger partial charge in [-0.2, -0.15) is 9.97 Å². The van der Waals surface area contributed by atoms with Crippen LogP contribution < -0.4 is 15.0 Å². The summed E-state index contributed by atoms with van der Waals surface area (Å²) in [6.07, 6.45) is 0. The molecule has 0 bridgehead atoms. The predicted molar refractivity (Wildman–Crippen MR) is 138 cm³/mol. The smallest absolute Gasteiger partial charge is 0.319 e. The van der Waals surface area contributed by atoms with Crippen LogP contribution in [-0.2, 0) is 0 Å². The standard InChI is InChI=1S/C26H27ClFN5O2/c1-32(2)11-12-35-26-30-24-20(25(31-26)33-9-7-29-8-10-33)15-21(27)22(23(24)28)19-14-17(34)13-16-5-3-4-6-18(16)19/h3-6,13-15,29,34H,7-12H2,1-2H3. The number of rotatable bonds is 6. The zero-order valence-electron chi connectivity index (χ0n) is 19.7. The Balaban J connectivity index is 1.72. The molecule has 0 amide bonds. The van der Waals surface area contributed by atoms with Crippen molar-refractivity contribution in [1.82, 2.24) is 20.2 Å². The first-order valence-electron chi connectivity index (χ1n) is 11.6. The van der Waals surface area contributed by atoms with E-state index in [4.69, 9.17) is 16.3 Å². The summed E-state index contributed by atoms with van der Waals surface area (Å²) in [5, 5.41) is 16.0. The second kappa shape index (κ2) is 9.81. The predicted octanol–water partition coefficient (Wildman–Crippen LogP) is 4.30. The number of piperazine rings is 1. The van der Waals surface area contributed by atoms with Crippen LogP contribution in [0.15, 0.2) is 42.5 Å². The molecule has 4 aromatic rings. The van der Waals surface area contributed by atoms with E-state index >= 15 is 4.39 Å². The van der Waals surface area contributed by atoms with Gasteiger partial charge in [0.25, 0.3) is 0 Å². The molecule has 0 spiro atoms. The summed E-state index contributed by atoms with van der Waals surface area (Å²) in [6, 6.07) is 12.5. The van der Waals surface area contributed by atoms with Crippen LogP contribution in [0.25, 0.3) is 32.8 Å². The van der Waals surface area contributed by atoms with Gasteiger partial charge in [-0.3, -0.25) is 0 Å². The normalized spacial score (nSPS) is 14.3. The molecule has 3 aromatic carbocycles. The largest absolute Gasteiger partial charge is 0.508 e. The molecule has 2 heterocycles. The summed E-state index contributed by atoms with van der Waals surface area (Å²) in [4.78, 5) is 13.2. The summed E-state index contributed by atoms with van der Waals surface area (Å²) in [7, 11) is 3.90. The quantitative estimate of drug-likeness (QED) is 0.413. The Labute approximate surface area is 208 Å². The Morgan fingerprint density at radius 2 is 1.89 bits per heavy atom. The monoisotopic (exact) mass is 495 g/mol. The van der Waals surface area contributed by atoms with Gasteiger partial charge in [-0.25, -0.2) is 4.39 Å². The van der Waals surface area contributed by atoms with E-state index < -0.39 is 5.82 Å². The molecule has 0 atom stereocenters. The summed E-state index contributed by atoms with van der Waals surface area (Å²) in [5.41, 5.74) is 0.832. The average Bonchev–Trinajstić information content (AvgIpc) is 2.84. The van der Waals surface area contributed by atoms with Gasteiger partial charge in [0.2, 0.25) is 0 Å². The number of hydrogen-bond donors (Lipinski definition) is 2. The lowest BCUT2D eigenvalue weighted by Crippen LogP contribution is -2.44. The zero-order valence-corrected chi connectivity index (χ0v) is 20.4. The van der Waals surface area contributed by atoms with E-state index in [1.807, 2.05) is 43.3 Å². The van der Waals surface area contributed by atoms with Gasteiger partial charge in [0.15, 0.2) is 5.82 Å². The fourth-order valence-corrected chi connectivity index (χ4v) is 4.70. The Morgan fingerprint density at radius 3 is 2.66 bits per heavy atom. The van der Waals surface area contributed by atoms with E-state index in [1.165, 1.54) is 6.07 Å². The summed E-state index contributed by atoms with van der Waals surface area (Å²) >= 11 is 6.72. The molecule has 2 N–H and O–H groups in total. The second-order valence-corrected chi connectivity index (χ2v) is 9.28. The molecule has 7 nitrogen and oxygen atoms in total. The number of benzene rings is 3. The number of aromatic hydroxyl groups is 1. The fourth-order valence-electron chi connectivity index (χ4n) is 4.41. The van der Waals surface area contributed by atoms with E-state index in [0.717, 1.165) is 37.0 Å². The first-order chi connectivity index (χ1) is 16.9. The first kappa shape index (κ1) is 23.5. The van der Waals surface area contributed by atoms with Gasteiger partial charge in [-0.1, -0.05) is 35.9 Å². The van der Waals surface area contributed by atoms with Gasteiger partial charge in [-0.05, 0) is 48.6 Å². The molecular weight excluding hydrogens is 469 g/mol. The maximum atomic E-state index is 16.3. The highest BCUT2D eigenvalue weighted by molar-refractivity contribution is 6.35. The summed E-state index contributed by atoms with van der Waals surface area (Å²) < 4.78 is 22.1. The topological polar surface area (TPSA) is 73.8 Å². The first-order valence-corrected chi connectivity index (χ1v) is 11.9. The van der Waals surface area contributed by atoms with Gasteiger partial charge < -0.3 is 25.0 Å². The SMILES string of the molecule is CN(C)CCOc1nc(N2CCNCC2)c2cc(Cl)c(-c3cc(O)cc4ccccc34)c(F)c2n1. The number of anilines is 1. The average molecular weight is 496 g/mol. The van der Waals surface area contributed by atoms with Crippen LogP contribution in [-0.4, -0.2) is 73.4 Å². The van der Waals surface area contributed by atoms with Crippen molar-refractivity contribution in [2.75, 3.05) is 58.3 Å². The van der Waals surface area contributed by atoms with Crippen molar-refractivity contribution < 1.29 is 14.2 Å². The highest BCUT2D eigenvalue weighted by Crippen LogP contribution is 2.42. The lowest BCUT2D eigenvalue weighted by atomic mass is 9.96. The van der Waals surface area contributed by atoms with Crippen LogP contribution in [0.1, 0.15) is 0 Å². The minimum absolute atomic E-state index is 0.0335. The third-order valence-corrected chi connectivity index (χ3v) is 6.44. The van der Waals surface area contributed by atoms with Gasteiger partial charge in [0.05, 0.1) is 5.02 Å². The maximum Gasteiger partial charge on any atom is 0.319 e. The molecule has 0 unspecified atom stereocenters. The van der Waals surface area contributed by atoms with Gasteiger partial charge >= 0.3 is 6.01 Å². The van der Waals surface area contributed by atoms with Crippen molar-refractivity contribution in [2.24, 2.45) is 0 Å². The maximum absolute atomic E-state index is 16.3. The number of nitrogens with one attached hydrogen (secondary N) is 1. The fraction of sp³-hybridized carbons (Fsp3) is 0.308. The number of halogens is 2. The van der Waals surface area contributed by atoms with E-state index in [-0.39, 0.29) is 27.9 Å². The number of phenols is 1. The van der Waals surface area contributed by atoms with Crippen molar-refractivity contribution >= 4 is 39.1 Å². The molecule has 5 rings (SSSR count). The molecule has 9 heteroatoms. The van der Waals surface area contributed by atoms with Crippen molar-refractivity contribution in [1.29, 1.82) is 0 Å². The second-order valence-electron chi connectivity index (χ2n) is 8.88. The Bertz CT molecular complexity index is 1390. The number of hydrogen-bond acceptors (Lipinski definition) is 7. The van der Waals surface area contributed by atoms with Crippen molar-refractivity contribution in [3.63, 3.8) is 0 Å². The van der Waals surface area contributed by atoms with Crippen LogP contribution in [0.4, 0.5) is 10.2 Å². The van der Waals surface area contributed by atoms with Crippen LogP contribution in [0.5, 0.6) is 11.8 Å². The van der Waals surface area contributed by atoms with Gasteiger partial charge in [0.1, 0.15) is 23.7 Å². The molecule has 1 aliphatic heterocycles. The number of phenolic OH excluding ortho intramolecular Hbond substituents is 1. The summed E-state index contributed by atoms with van der Waals surface area (Å²) in [6.45, 7) is 4.09. The lowest BCUT2D eigenvalue weighted by molar-refractivity contribution is 0.246. The molecule has 1 aliphatic rings. The van der Waals surface area contributed by atoms with E-state index in [1.54, 1.807) is 12.1 Å². The van der Waals surface area contributed by atoms with Gasteiger partial charge in [-0.15, -0.1) is 0 Å². The molecule has 0 radical (unpaired) electrons. The summed E-state index contributed by atoms with van der Waals surface area (Å²) in [5.74, 6) is 0.0649.